The summed E-state index contributed by atoms with van der Waals surface area (Å²) < 4.78 is 17.7. The fourth-order valence-electron chi connectivity index (χ4n) is 5.38. The van der Waals surface area contributed by atoms with Crippen molar-refractivity contribution in [2.45, 2.75) is 45.6 Å². The zero-order valence-electron chi connectivity index (χ0n) is 22.6. The van der Waals surface area contributed by atoms with Gasteiger partial charge in [-0.05, 0) is 69.5 Å². The molecule has 0 radical (unpaired) electrons. The standard InChI is InChI=1S/C32H35ClN2O3/c1-20-13-21(2)15-22(14-20)28-19-35-30-18-29(33)26(25-9-8-24(36-3)16-31(25)37-4)17-27(30)32(28)38-12-10-23-7-5-6-11-34-23/h8-9,13-19,23,34H,5-7,10-12H2,1-4H3. The van der Waals surface area contributed by atoms with Crippen molar-refractivity contribution >= 4 is 22.5 Å². The smallest absolute Gasteiger partial charge is 0.138 e. The van der Waals surface area contributed by atoms with Crippen LogP contribution in [0.2, 0.25) is 5.02 Å². The SMILES string of the molecule is COc1ccc(-c2cc3c(OCCC4CCCCN4)c(-c4cc(C)cc(C)c4)cnc3cc2Cl)c(OC)c1. The fraction of sp³-hybridized carbons (Fsp3) is 0.344. The summed E-state index contributed by atoms with van der Waals surface area (Å²) in [6, 6.07) is 16.8. The van der Waals surface area contributed by atoms with Crippen LogP contribution in [0.1, 0.15) is 36.8 Å². The van der Waals surface area contributed by atoms with Crippen LogP contribution < -0.4 is 19.5 Å². The number of piperidine rings is 1. The first-order valence-corrected chi connectivity index (χ1v) is 13.6. The maximum Gasteiger partial charge on any atom is 0.138 e. The van der Waals surface area contributed by atoms with Crippen molar-refractivity contribution in [1.82, 2.24) is 10.3 Å². The summed E-state index contributed by atoms with van der Waals surface area (Å²) in [7, 11) is 3.30. The van der Waals surface area contributed by atoms with Crippen molar-refractivity contribution in [2.75, 3.05) is 27.4 Å². The van der Waals surface area contributed by atoms with Gasteiger partial charge in [0, 0.05) is 40.4 Å². The molecule has 1 atom stereocenters. The van der Waals surface area contributed by atoms with Crippen LogP contribution >= 0.6 is 11.6 Å². The van der Waals surface area contributed by atoms with E-state index in [1.54, 1.807) is 14.2 Å². The van der Waals surface area contributed by atoms with Gasteiger partial charge in [0.15, 0.2) is 0 Å². The van der Waals surface area contributed by atoms with Gasteiger partial charge in [0.25, 0.3) is 0 Å². The van der Waals surface area contributed by atoms with Crippen LogP contribution in [0, 0.1) is 13.8 Å². The van der Waals surface area contributed by atoms with Crippen molar-refractivity contribution in [1.29, 1.82) is 0 Å². The number of nitrogens with one attached hydrogen (secondary N) is 1. The van der Waals surface area contributed by atoms with Crippen molar-refractivity contribution in [3.8, 4) is 39.5 Å². The minimum Gasteiger partial charge on any atom is -0.497 e. The molecule has 6 heteroatoms. The third-order valence-corrected chi connectivity index (χ3v) is 7.58. The van der Waals surface area contributed by atoms with E-state index in [1.807, 2.05) is 30.5 Å². The zero-order valence-corrected chi connectivity index (χ0v) is 23.3. The molecule has 1 aromatic heterocycles. The van der Waals surface area contributed by atoms with E-state index in [4.69, 9.17) is 30.8 Å². The molecule has 0 amide bonds. The van der Waals surface area contributed by atoms with Crippen LogP contribution in [0.5, 0.6) is 17.2 Å². The van der Waals surface area contributed by atoms with Gasteiger partial charge in [-0.15, -0.1) is 0 Å². The molecule has 198 valence electrons. The molecule has 1 fully saturated rings. The summed E-state index contributed by atoms with van der Waals surface area (Å²) in [5.74, 6) is 2.25. The molecule has 1 aliphatic rings. The predicted octanol–water partition coefficient (Wildman–Crippen LogP) is 7.77. The average molecular weight is 531 g/mol. The average Bonchev–Trinajstić information content (AvgIpc) is 2.92. The van der Waals surface area contributed by atoms with E-state index in [1.165, 1.54) is 30.4 Å². The Morgan fingerprint density at radius 3 is 2.45 bits per heavy atom. The number of aryl methyl sites for hydroxylation is 2. The van der Waals surface area contributed by atoms with Gasteiger partial charge in [0.2, 0.25) is 0 Å². The molecule has 0 saturated carbocycles. The predicted molar refractivity (Wildman–Crippen MR) is 156 cm³/mol. The van der Waals surface area contributed by atoms with Crippen LogP contribution in [-0.2, 0) is 0 Å². The second-order valence-electron chi connectivity index (χ2n) is 10.1. The first-order valence-electron chi connectivity index (χ1n) is 13.3. The van der Waals surface area contributed by atoms with Crippen molar-refractivity contribution < 1.29 is 14.2 Å². The maximum absolute atomic E-state index is 6.82. The molecule has 5 nitrogen and oxygen atoms in total. The fourth-order valence-corrected chi connectivity index (χ4v) is 5.64. The Hall–Kier alpha value is -3.28. The summed E-state index contributed by atoms with van der Waals surface area (Å²) in [5.41, 5.74) is 7.03. The highest BCUT2D eigenvalue weighted by Gasteiger charge is 2.19. The number of ether oxygens (including phenoxy) is 3. The van der Waals surface area contributed by atoms with Crippen LogP contribution in [0.15, 0.2) is 54.7 Å². The van der Waals surface area contributed by atoms with E-state index in [2.05, 4.69) is 43.4 Å². The maximum atomic E-state index is 6.82. The first kappa shape index (κ1) is 26.3. The van der Waals surface area contributed by atoms with Gasteiger partial charge in [0.1, 0.15) is 17.2 Å². The molecule has 4 aromatic rings. The molecule has 3 aromatic carbocycles. The highest BCUT2D eigenvalue weighted by atomic mass is 35.5. The van der Waals surface area contributed by atoms with Crippen LogP contribution in [-0.4, -0.2) is 38.4 Å². The molecular weight excluding hydrogens is 496 g/mol. The number of rotatable bonds is 8. The van der Waals surface area contributed by atoms with Crippen LogP contribution in [0.3, 0.4) is 0 Å². The van der Waals surface area contributed by atoms with E-state index in [9.17, 15) is 0 Å². The lowest BCUT2D eigenvalue weighted by Crippen LogP contribution is -2.35. The normalized spacial score (nSPS) is 15.4. The van der Waals surface area contributed by atoms with Gasteiger partial charge in [-0.2, -0.15) is 0 Å². The van der Waals surface area contributed by atoms with E-state index in [0.717, 1.165) is 57.6 Å². The number of halogens is 1. The second kappa shape index (κ2) is 11.6. The summed E-state index contributed by atoms with van der Waals surface area (Å²) in [5, 5.41) is 5.16. The Morgan fingerprint density at radius 1 is 0.921 bits per heavy atom. The Kier molecular flexibility index (Phi) is 8.06. The molecule has 0 bridgehead atoms. The highest BCUT2D eigenvalue weighted by Crippen LogP contribution is 2.43. The number of fused-ring (bicyclic) bond motifs is 1. The number of hydrogen-bond acceptors (Lipinski definition) is 5. The van der Waals surface area contributed by atoms with Crippen molar-refractivity contribution in [2.24, 2.45) is 0 Å². The lowest BCUT2D eigenvalue weighted by atomic mass is 9.97. The molecule has 5 rings (SSSR count). The molecule has 0 spiro atoms. The van der Waals surface area contributed by atoms with E-state index >= 15 is 0 Å². The Labute approximate surface area is 230 Å². The van der Waals surface area contributed by atoms with Gasteiger partial charge in [-0.1, -0.05) is 47.3 Å². The van der Waals surface area contributed by atoms with Gasteiger partial charge >= 0.3 is 0 Å². The summed E-state index contributed by atoms with van der Waals surface area (Å²) in [6.07, 6.45) is 6.59. The summed E-state index contributed by atoms with van der Waals surface area (Å²) in [4.78, 5) is 4.81. The van der Waals surface area contributed by atoms with Crippen molar-refractivity contribution in [3.05, 3.63) is 70.9 Å². The summed E-state index contributed by atoms with van der Waals surface area (Å²) >= 11 is 6.82. The number of methoxy groups -OCH3 is 2. The topological polar surface area (TPSA) is 52.6 Å². The van der Waals surface area contributed by atoms with Crippen LogP contribution in [0.4, 0.5) is 0 Å². The molecular formula is C32H35ClN2O3. The quantitative estimate of drug-likeness (QED) is 0.252. The minimum absolute atomic E-state index is 0.495. The number of aromatic nitrogens is 1. The number of benzene rings is 3. The first-order chi connectivity index (χ1) is 18.5. The third-order valence-electron chi connectivity index (χ3n) is 7.26. The monoisotopic (exact) mass is 530 g/mol. The zero-order chi connectivity index (χ0) is 26.6. The Balaban J connectivity index is 1.63. The van der Waals surface area contributed by atoms with E-state index in [-0.39, 0.29) is 0 Å². The number of hydrogen-bond donors (Lipinski definition) is 1. The molecule has 2 heterocycles. The van der Waals surface area contributed by atoms with Gasteiger partial charge in [0.05, 0.1) is 31.4 Å². The largest absolute Gasteiger partial charge is 0.497 e. The van der Waals surface area contributed by atoms with Crippen LogP contribution in [0.25, 0.3) is 33.2 Å². The van der Waals surface area contributed by atoms with Gasteiger partial charge in [-0.25, -0.2) is 0 Å². The Bertz CT molecular complexity index is 1430. The van der Waals surface area contributed by atoms with Gasteiger partial charge < -0.3 is 19.5 Å². The van der Waals surface area contributed by atoms with Crippen molar-refractivity contribution in [3.63, 3.8) is 0 Å². The Morgan fingerprint density at radius 2 is 1.74 bits per heavy atom. The van der Waals surface area contributed by atoms with E-state index < -0.39 is 0 Å². The summed E-state index contributed by atoms with van der Waals surface area (Å²) in [6.45, 7) is 5.95. The number of nitrogens with zero attached hydrogens (tertiary/aromatic N) is 1. The molecule has 1 saturated heterocycles. The lowest BCUT2D eigenvalue weighted by Gasteiger charge is -2.24. The highest BCUT2D eigenvalue weighted by molar-refractivity contribution is 6.34. The van der Waals surface area contributed by atoms with Gasteiger partial charge in [-0.3, -0.25) is 4.98 Å². The molecule has 1 N–H and O–H groups in total. The minimum atomic E-state index is 0.495. The molecule has 38 heavy (non-hydrogen) atoms. The van der Waals surface area contributed by atoms with E-state index in [0.29, 0.717) is 23.4 Å². The third kappa shape index (κ3) is 5.59. The molecule has 1 aliphatic heterocycles. The second-order valence-corrected chi connectivity index (χ2v) is 10.5. The molecule has 1 unspecified atom stereocenters. The lowest BCUT2D eigenvalue weighted by molar-refractivity contribution is 0.271. The number of pyridine rings is 1. The molecule has 0 aliphatic carbocycles.